The van der Waals surface area contributed by atoms with Gasteiger partial charge in [-0.15, -0.1) is 0 Å². The molecule has 1 heteroatoms. The number of nitrogens with zero attached hydrogens (tertiary/aromatic N) is 1. The van der Waals surface area contributed by atoms with Crippen molar-refractivity contribution in [3.8, 4) is 0 Å². The molecule has 1 aliphatic carbocycles. The first-order valence-electron chi connectivity index (χ1n) is 9.41. The van der Waals surface area contributed by atoms with Crippen LogP contribution in [0.4, 0.5) is 0 Å². The molecule has 0 saturated carbocycles. The van der Waals surface area contributed by atoms with Crippen molar-refractivity contribution in [3.63, 3.8) is 0 Å². The molecule has 128 valence electrons. The molecule has 0 amide bonds. The van der Waals surface area contributed by atoms with E-state index < -0.39 is 0 Å². The molecule has 0 atom stereocenters. The summed E-state index contributed by atoms with van der Waals surface area (Å²) in [6, 6.07) is 0. The second kappa shape index (κ2) is 6.02. The first-order chi connectivity index (χ1) is 11.3. The van der Waals surface area contributed by atoms with E-state index in [2.05, 4.69) is 60.1 Å². The van der Waals surface area contributed by atoms with Gasteiger partial charge in [0.1, 0.15) is 7.05 Å². The van der Waals surface area contributed by atoms with Crippen molar-refractivity contribution in [1.29, 1.82) is 0 Å². The summed E-state index contributed by atoms with van der Waals surface area (Å²) in [6.07, 6.45) is 4.92. The molecule has 0 spiro atoms. The number of fused-ring (bicyclic) bond motifs is 1. The molecule has 0 bridgehead atoms. The first-order valence-corrected chi connectivity index (χ1v) is 9.41. The van der Waals surface area contributed by atoms with Crippen molar-refractivity contribution in [3.05, 3.63) is 44.6 Å². The fourth-order valence-electron chi connectivity index (χ4n) is 4.85. The van der Waals surface area contributed by atoms with Gasteiger partial charge in [0.15, 0.2) is 0 Å². The zero-order valence-electron chi connectivity index (χ0n) is 16.8. The van der Waals surface area contributed by atoms with E-state index in [0.29, 0.717) is 0 Å². The summed E-state index contributed by atoms with van der Waals surface area (Å²) >= 11 is 0. The Kier molecular flexibility index (Phi) is 4.32. The maximum Gasteiger partial charge on any atom is 0.216 e. The molecule has 1 nitrogen and oxygen atoms in total. The minimum atomic E-state index is 1.10. The second-order valence-electron chi connectivity index (χ2n) is 7.70. The predicted molar refractivity (Wildman–Crippen MR) is 105 cm³/mol. The zero-order valence-corrected chi connectivity index (χ0v) is 16.8. The van der Waals surface area contributed by atoms with Gasteiger partial charge in [0, 0.05) is 16.7 Å². The highest BCUT2D eigenvalue weighted by molar-refractivity contribution is 5.90. The van der Waals surface area contributed by atoms with E-state index in [1.807, 2.05) is 0 Å². The van der Waals surface area contributed by atoms with Gasteiger partial charge in [0.2, 0.25) is 11.2 Å². The summed E-state index contributed by atoms with van der Waals surface area (Å²) in [7, 11) is 2.29. The Bertz CT molecular complexity index is 882. The van der Waals surface area contributed by atoms with Crippen molar-refractivity contribution < 1.29 is 4.57 Å². The molecule has 1 aromatic heterocycles. The number of allylic oxidation sites excluding steroid dienone is 2. The molecule has 1 aromatic carbocycles. The van der Waals surface area contributed by atoms with Crippen molar-refractivity contribution in [2.45, 2.75) is 74.1 Å². The molecule has 0 radical (unpaired) electrons. The van der Waals surface area contributed by atoms with Crippen LogP contribution >= 0.6 is 0 Å². The Balaban J connectivity index is 2.57. The van der Waals surface area contributed by atoms with E-state index in [1.54, 1.807) is 16.7 Å². The highest BCUT2D eigenvalue weighted by Crippen LogP contribution is 2.38. The van der Waals surface area contributed by atoms with E-state index in [9.17, 15) is 0 Å². The van der Waals surface area contributed by atoms with Crippen LogP contribution in [0.2, 0.25) is 0 Å². The Labute approximate surface area is 147 Å². The van der Waals surface area contributed by atoms with Crippen molar-refractivity contribution >= 4 is 16.5 Å². The largest absolute Gasteiger partial charge is 0.216 e. The van der Waals surface area contributed by atoms with Crippen LogP contribution in [-0.4, -0.2) is 0 Å². The molecule has 2 aromatic rings. The van der Waals surface area contributed by atoms with Gasteiger partial charge < -0.3 is 0 Å². The van der Waals surface area contributed by atoms with Gasteiger partial charge in [-0.3, -0.25) is 0 Å². The summed E-state index contributed by atoms with van der Waals surface area (Å²) in [5, 5.41) is 1.48. The lowest BCUT2D eigenvalue weighted by atomic mass is 9.87. The summed E-state index contributed by atoms with van der Waals surface area (Å²) in [5.74, 6) is 0. The van der Waals surface area contributed by atoms with Crippen LogP contribution in [0, 0.1) is 34.6 Å². The van der Waals surface area contributed by atoms with Crippen LogP contribution in [0.15, 0.2) is 5.57 Å². The number of hydrogen-bond acceptors (Lipinski definition) is 0. The maximum atomic E-state index is 2.51. The smallest absolute Gasteiger partial charge is 0.194 e. The van der Waals surface area contributed by atoms with Crippen molar-refractivity contribution in [1.82, 2.24) is 0 Å². The van der Waals surface area contributed by atoms with Gasteiger partial charge in [-0.05, 0) is 89.5 Å². The molecule has 1 aliphatic rings. The monoisotopic (exact) mass is 322 g/mol. The Morgan fingerprint density at radius 3 is 1.96 bits per heavy atom. The van der Waals surface area contributed by atoms with Crippen LogP contribution < -0.4 is 4.57 Å². The third kappa shape index (κ3) is 2.24. The van der Waals surface area contributed by atoms with E-state index in [-0.39, 0.29) is 0 Å². The minimum Gasteiger partial charge on any atom is -0.194 e. The van der Waals surface area contributed by atoms with Crippen molar-refractivity contribution in [2.75, 3.05) is 0 Å². The number of rotatable bonds is 2. The minimum absolute atomic E-state index is 1.10. The third-order valence-electron chi connectivity index (χ3n) is 6.57. The molecule has 24 heavy (non-hydrogen) atoms. The van der Waals surface area contributed by atoms with Gasteiger partial charge in [-0.2, -0.15) is 4.57 Å². The normalized spacial score (nSPS) is 15.0. The summed E-state index contributed by atoms with van der Waals surface area (Å²) in [6.45, 7) is 16.1. The van der Waals surface area contributed by atoms with Gasteiger partial charge in [0.05, 0.1) is 5.39 Å². The van der Waals surface area contributed by atoms with E-state index in [0.717, 1.165) is 6.42 Å². The molecule has 0 N–H and O–H groups in total. The molecule has 3 rings (SSSR count). The SMILES string of the molecule is CCc1c(C)c2c(C)c(C)c(C)c(C)c2[n+](C)c1C1=C(C)CCC1. The zero-order chi connectivity index (χ0) is 17.8. The van der Waals surface area contributed by atoms with Crippen LogP contribution in [0.1, 0.15) is 72.2 Å². The highest BCUT2D eigenvalue weighted by Gasteiger charge is 2.29. The summed E-state index contributed by atoms with van der Waals surface area (Å²) < 4.78 is 2.51. The quantitative estimate of drug-likeness (QED) is 0.622. The standard InChI is InChI=1S/C23H32N/c1-9-19-18(7)21-16(5)14(3)15(4)17(6)22(21)24(8)23(19)20-12-10-11-13(20)2/h9-12H2,1-8H3/q+1. The number of benzene rings is 1. The average molecular weight is 323 g/mol. The molecule has 0 unspecified atom stereocenters. The fraction of sp³-hybridized carbons (Fsp3) is 0.522. The molecule has 1 heterocycles. The molecule has 0 fully saturated rings. The first kappa shape index (κ1) is 17.2. The third-order valence-corrected chi connectivity index (χ3v) is 6.57. The van der Waals surface area contributed by atoms with Gasteiger partial charge in [0.25, 0.3) is 0 Å². The van der Waals surface area contributed by atoms with E-state index in [1.165, 1.54) is 63.7 Å². The van der Waals surface area contributed by atoms with Crippen LogP contribution in [0.25, 0.3) is 16.5 Å². The molecular weight excluding hydrogens is 290 g/mol. The maximum absolute atomic E-state index is 2.51. The highest BCUT2D eigenvalue weighted by atomic mass is 14.9. The molecule has 0 saturated heterocycles. The fourth-order valence-corrected chi connectivity index (χ4v) is 4.85. The van der Waals surface area contributed by atoms with Crippen molar-refractivity contribution in [2.24, 2.45) is 7.05 Å². The Hall–Kier alpha value is -1.63. The lowest BCUT2D eigenvalue weighted by molar-refractivity contribution is -0.648. The topological polar surface area (TPSA) is 3.88 Å². The summed E-state index contributed by atoms with van der Waals surface area (Å²) in [5.41, 5.74) is 15.0. The van der Waals surface area contributed by atoms with Gasteiger partial charge >= 0.3 is 0 Å². The lowest BCUT2D eigenvalue weighted by Gasteiger charge is -2.19. The number of aromatic nitrogens is 1. The van der Waals surface area contributed by atoms with Crippen LogP contribution in [0.3, 0.4) is 0 Å². The number of aryl methyl sites for hydroxylation is 4. The van der Waals surface area contributed by atoms with Gasteiger partial charge in [-0.25, -0.2) is 0 Å². The predicted octanol–water partition coefficient (Wildman–Crippen LogP) is 5.73. The second-order valence-corrected chi connectivity index (χ2v) is 7.70. The number of pyridine rings is 1. The van der Waals surface area contributed by atoms with Crippen LogP contribution in [0.5, 0.6) is 0 Å². The lowest BCUT2D eigenvalue weighted by Crippen LogP contribution is -2.37. The average Bonchev–Trinajstić information content (AvgIpc) is 2.97. The Morgan fingerprint density at radius 1 is 0.792 bits per heavy atom. The van der Waals surface area contributed by atoms with Gasteiger partial charge in [-0.1, -0.05) is 12.5 Å². The molecule has 0 aliphatic heterocycles. The summed E-state index contributed by atoms with van der Waals surface area (Å²) in [4.78, 5) is 0. The number of hydrogen-bond donors (Lipinski definition) is 0. The molecular formula is C23H32N+. The Morgan fingerprint density at radius 2 is 1.42 bits per heavy atom. The van der Waals surface area contributed by atoms with Crippen LogP contribution in [-0.2, 0) is 13.5 Å². The van der Waals surface area contributed by atoms with E-state index >= 15 is 0 Å². The van der Waals surface area contributed by atoms with E-state index in [4.69, 9.17) is 0 Å².